The van der Waals surface area contributed by atoms with Crippen molar-refractivity contribution < 1.29 is 8.78 Å². The van der Waals surface area contributed by atoms with Gasteiger partial charge in [-0.25, -0.2) is 8.78 Å². The fraction of sp³-hybridized carbons (Fsp3) is 0.500. The van der Waals surface area contributed by atoms with E-state index in [1.165, 1.54) is 12.1 Å². The van der Waals surface area contributed by atoms with Crippen molar-refractivity contribution in [2.75, 3.05) is 24.5 Å². The molecule has 1 heterocycles. The highest BCUT2D eigenvalue weighted by Crippen LogP contribution is 2.28. The molecular formula is C12H16F2N2. The van der Waals surface area contributed by atoms with E-state index in [1.807, 2.05) is 0 Å². The summed E-state index contributed by atoms with van der Waals surface area (Å²) in [6.45, 7) is 1.89. The van der Waals surface area contributed by atoms with Gasteiger partial charge in [0, 0.05) is 13.1 Å². The summed E-state index contributed by atoms with van der Waals surface area (Å²) in [5.74, 6) is -0.935. The van der Waals surface area contributed by atoms with E-state index in [0.717, 1.165) is 25.9 Å². The van der Waals surface area contributed by atoms with Crippen LogP contribution in [0.15, 0.2) is 12.1 Å². The van der Waals surface area contributed by atoms with Gasteiger partial charge in [-0.1, -0.05) is 0 Å². The Balaban J connectivity index is 2.31. The Kier molecular flexibility index (Phi) is 3.39. The molecular weight excluding hydrogens is 210 g/mol. The van der Waals surface area contributed by atoms with Crippen LogP contribution in [0.1, 0.15) is 18.4 Å². The van der Waals surface area contributed by atoms with Gasteiger partial charge in [-0.3, -0.25) is 0 Å². The quantitative estimate of drug-likeness (QED) is 0.854. The summed E-state index contributed by atoms with van der Waals surface area (Å²) in [5.41, 5.74) is 6.11. The number of benzene rings is 1. The standard InChI is InChI=1S/C12H16F2N2/c13-10-7-9(3-4-15)8-11(14)12(10)16-5-1-2-6-16/h7-8H,1-6,15H2. The Morgan fingerprint density at radius 1 is 1.12 bits per heavy atom. The maximum absolute atomic E-state index is 13.8. The molecule has 1 aromatic carbocycles. The van der Waals surface area contributed by atoms with Gasteiger partial charge in [0.1, 0.15) is 17.3 Å². The third kappa shape index (κ3) is 2.16. The number of hydrogen-bond acceptors (Lipinski definition) is 2. The highest BCUT2D eigenvalue weighted by molar-refractivity contribution is 5.51. The molecule has 1 aliphatic rings. The van der Waals surface area contributed by atoms with Gasteiger partial charge in [-0.2, -0.15) is 0 Å². The SMILES string of the molecule is NCCc1cc(F)c(N2CCCC2)c(F)c1. The van der Waals surface area contributed by atoms with Crippen molar-refractivity contribution in [1.82, 2.24) is 0 Å². The molecule has 2 N–H and O–H groups in total. The number of nitrogens with two attached hydrogens (primary N) is 1. The molecule has 0 saturated carbocycles. The molecule has 2 nitrogen and oxygen atoms in total. The van der Waals surface area contributed by atoms with Crippen LogP contribution in [-0.4, -0.2) is 19.6 Å². The van der Waals surface area contributed by atoms with Gasteiger partial charge < -0.3 is 10.6 Å². The first-order valence-electron chi connectivity index (χ1n) is 5.65. The van der Waals surface area contributed by atoms with Crippen LogP contribution in [0.3, 0.4) is 0 Å². The molecule has 1 fully saturated rings. The second-order valence-corrected chi connectivity index (χ2v) is 4.14. The van der Waals surface area contributed by atoms with Crippen molar-refractivity contribution in [2.45, 2.75) is 19.3 Å². The largest absolute Gasteiger partial charge is 0.367 e. The van der Waals surface area contributed by atoms with Crippen LogP contribution in [0, 0.1) is 11.6 Å². The predicted molar refractivity (Wildman–Crippen MR) is 60.6 cm³/mol. The summed E-state index contributed by atoms with van der Waals surface area (Å²) in [7, 11) is 0. The van der Waals surface area contributed by atoms with Gasteiger partial charge in [0.25, 0.3) is 0 Å². The summed E-state index contributed by atoms with van der Waals surface area (Å²) in [4.78, 5) is 1.77. The van der Waals surface area contributed by atoms with E-state index in [4.69, 9.17) is 5.73 Å². The maximum Gasteiger partial charge on any atom is 0.149 e. The molecule has 1 aliphatic heterocycles. The summed E-state index contributed by atoms with van der Waals surface area (Å²) >= 11 is 0. The Bertz CT molecular complexity index is 350. The molecule has 0 atom stereocenters. The highest BCUT2D eigenvalue weighted by Gasteiger charge is 2.20. The Morgan fingerprint density at radius 3 is 2.19 bits per heavy atom. The van der Waals surface area contributed by atoms with Crippen LogP contribution in [-0.2, 0) is 6.42 Å². The zero-order valence-corrected chi connectivity index (χ0v) is 9.18. The minimum absolute atomic E-state index is 0.123. The van der Waals surface area contributed by atoms with Crippen molar-refractivity contribution in [3.05, 3.63) is 29.3 Å². The van der Waals surface area contributed by atoms with Crippen molar-refractivity contribution in [2.24, 2.45) is 5.73 Å². The first-order chi connectivity index (χ1) is 7.72. The second-order valence-electron chi connectivity index (χ2n) is 4.14. The lowest BCUT2D eigenvalue weighted by Gasteiger charge is -2.19. The van der Waals surface area contributed by atoms with Crippen LogP contribution >= 0.6 is 0 Å². The van der Waals surface area contributed by atoms with E-state index in [0.29, 0.717) is 18.5 Å². The summed E-state index contributed by atoms with van der Waals surface area (Å²) in [6, 6.07) is 2.78. The Hall–Kier alpha value is -1.16. The van der Waals surface area contributed by atoms with E-state index < -0.39 is 11.6 Å². The summed E-state index contributed by atoms with van der Waals surface area (Å²) in [6.07, 6.45) is 2.51. The van der Waals surface area contributed by atoms with Gasteiger partial charge in [0.2, 0.25) is 0 Å². The Morgan fingerprint density at radius 2 is 1.69 bits per heavy atom. The lowest BCUT2D eigenvalue weighted by molar-refractivity contribution is 0.574. The molecule has 0 aliphatic carbocycles. The second kappa shape index (κ2) is 4.78. The molecule has 0 amide bonds. The molecule has 2 rings (SSSR count). The molecule has 0 unspecified atom stereocenters. The van der Waals surface area contributed by atoms with Gasteiger partial charge in [-0.05, 0) is 43.5 Å². The first kappa shape index (κ1) is 11.3. The van der Waals surface area contributed by atoms with Gasteiger partial charge in [-0.15, -0.1) is 0 Å². The topological polar surface area (TPSA) is 29.3 Å². The van der Waals surface area contributed by atoms with E-state index in [1.54, 1.807) is 4.90 Å². The van der Waals surface area contributed by atoms with Crippen LogP contribution in [0.4, 0.5) is 14.5 Å². The Labute approximate surface area is 94.0 Å². The number of nitrogens with zero attached hydrogens (tertiary/aromatic N) is 1. The van der Waals surface area contributed by atoms with Crippen molar-refractivity contribution in [3.63, 3.8) is 0 Å². The van der Waals surface area contributed by atoms with Gasteiger partial charge in [0.05, 0.1) is 0 Å². The first-order valence-corrected chi connectivity index (χ1v) is 5.65. The van der Waals surface area contributed by atoms with E-state index >= 15 is 0 Å². The molecule has 16 heavy (non-hydrogen) atoms. The number of anilines is 1. The zero-order valence-electron chi connectivity index (χ0n) is 9.18. The monoisotopic (exact) mass is 226 g/mol. The van der Waals surface area contributed by atoms with E-state index in [9.17, 15) is 8.78 Å². The maximum atomic E-state index is 13.8. The van der Waals surface area contributed by atoms with Crippen molar-refractivity contribution in [3.8, 4) is 0 Å². The van der Waals surface area contributed by atoms with E-state index in [-0.39, 0.29) is 5.69 Å². The predicted octanol–water partition coefficient (Wildman–Crippen LogP) is 2.07. The average Bonchev–Trinajstić information content (AvgIpc) is 2.70. The number of halogens is 2. The smallest absolute Gasteiger partial charge is 0.149 e. The average molecular weight is 226 g/mol. The number of hydrogen-bond donors (Lipinski definition) is 1. The molecule has 4 heteroatoms. The molecule has 0 radical (unpaired) electrons. The normalized spacial score (nSPS) is 15.8. The van der Waals surface area contributed by atoms with Crippen molar-refractivity contribution in [1.29, 1.82) is 0 Å². The summed E-state index contributed by atoms with van der Waals surface area (Å²) < 4.78 is 27.5. The molecule has 1 saturated heterocycles. The molecule has 0 spiro atoms. The lowest BCUT2D eigenvalue weighted by atomic mass is 10.1. The lowest BCUT2D eigenvalue weighted by Crippen LogP contribution is -2.20. The van der Waals surface area contributed by atoms with Crippen LogP contribution in [0.2, 0.25) is 0 Å². The fourth-order valence-electron chi connectivity index (χ4n) is 2.17. The molecule has 88 valence electrons. The molecule has 1 aromatic rings. The minimum atomic E-state index is -0.467. The highest BCUT2D eigenvalue weighted by atomic mass is 19.1. The third-order valence-electron chi connectivity index (χ3n) is 2.93. The van der Waals surface area contributed by atoms with Crippen molar-refractivity contribution >= 4 is 5.69 Å². The minimum Gasteiger partial charge on any atom is -0.367 e. The number of rotatable bonds is 3. The third-order valence-corrected chi connectivity index (χ3v) is 2.93. The van der Waals surface area contributed by atoms with Crippen LogP contribution in [0.25, 0.3) is 0 Å². The van der Waals surface area contributed by atoms with Gasteiger partial charge in [0.15, 0.2) is 0 Å². The molecule has 0 aromatic heterocycles. The van der Waals surface area contributed by atoms with Crippen LogP contribution < -0.4 is 10.6 Å². The van der Waals surface area contributed by atoms with Crippen LogP contribution in [0.5, 0.6) is 0 Å². The fourth-order valence-corrected chi connectivity index (χ4v) is 2.17. The summed E-state index contributed by atoms with van der Waals surface area (Å²) in [5, 5.41) is 0. The van der Waals surface area contributed by atoms with E-state index in [2.05, 4.69) is 0 Å². The molecule has 0 bridgehead atoms. The van der Waals surface area contributed by atoms with Gasteiger partial charge >= 0.3 is 0 Å². The zero-order chi connectivity index (χ0) is 11.5.